The molecule has 0 saturated heterocycles. The summed E-state index contributed by atoms with van der Waals surface area (Å²) in [6, 6.07) is 4.69. The molecule has 1 heterocycles. The number of nitrogens with one attached hydrogen (secondary N) is 1. The first-order valence-electron chi connectivity index (χ1n) is 6.51. The van der Waals surface area contributed by atoms with Crippen molar-refractivity contribution < 1.29 is 4.39 Å². The van der Waals surface area contributed by atoms with Gasteiger partial charge in [0.05, 0.1) is 22.4 Å². The molecule has 0 aliphatic heterocycles. The Hall–Kier alpha value is -1.24. The van der Waals surface area contributed by atoms with Crippen LogP contribution in [0.5, 0.6) is 0 Å². The zero-order valence-electron chi connectivity index (χ0n) is 11.5. The summed E-state index contributed by atoms with van der Waals surface area (Å²) in [5.74, 6) is 5.38. The highest BCUT2D eigenvalue weighted by atomic mass is 79.9. The summed E-state index contributed by atoms with van der Waals surface area (Å²) >= 11 is 3.46. The Bertz CT molecular complexity index is 597. The van der Waals surface area contributed by atoms with Crippen molar-refractivity contribution in [1.82, 2.24) is 15.2 Å². The Morgan fingerprint density at radius 3 is 2.85 bits per heavy atom. The predicted octanol–water partition coefficient (Wildman–Crippen LogP) is 3.06. The van der Waals surface area contributed by atoms with Crippen molar-refractivity contribution in [3.8, 4) is 0 Å². The van der Waals surface area contributed by atoms with Gasteiger partial charge in [0.15, 0.2) is 0 Å². The summed E-state index contributed by atoms with van der Waals surface area (Å²) in [6.07, 6.45) is 2.65. The molecule has 2 rings (SSSR count). The van der Waals surface area contributed by atoms with E-state index in [1.165, 1.54) is 6.07 Å². The van der Waals surface area contributed by atoms with Gasteiger partial charge in [-0.15, -0.1) is 0 Å². The van der Waals surface area contributed by atoms with Crippen molar-refractivity contribution >= 4 is 15.9 Å². The smallest absolute Gasteiger partial charge is 0.128 e. The maximum atomic E-state index is 14.2. The van der Waals surface area contributed by atoms with Crippen LogP contribution in [0.1, 0.15) is 36.2 Å². The second-order valence-electron chi connectivity index (χ2n) is 4.73. The number of halogens is 2. The first-order chi connectivity index (χ1) is 9.58. The number of rotatable bonds is 5. The topological polar surface area (TPSA) is 55.9 Å². The summed E-state index contributed by atoms with van der Waals surface area (Å²) in [7, 11) is 0. The largest absolute Gasteiger partial charge is 0.271 e. The SMILES string of the molecule is CCCn1ncc(Br)c1C(NN)c1ccc(C)cc1F. The highest BCUT2D eigenvalue weighted by Gasteiger charge is 2.23. The minimum atomic E-state index is -0.445. The van der Waals surface area contributed by atoms with E-state index in [1.54, 1.807) is 12.3 Å². The molecule has 0 aliphatic carbocycles. The molecule has 0 fully saturated rings. The van der Waals surface area contributed by atoms with Crippen molar-refractivity contribution in [3.63, 3.8) is 0 Å². The summed E-state index contributed by atoms with van der Waals surface area (Å²) in [4.78, 5) is 0. The first kappa shape index (κ1) is 15.2. The maximum Gasteiger partial charge on any atom is 0.128 e. The number of aromatic nitrogens is 2. The molecule has 0 aliphatic rings. The van der Waals surface area contributed by atoms with Crippen LogP contribution in [0.15, 0.2) is 28.9 Å². The second-order valence-corrected chi connectivity index (χ2v) is 5.58. The van der Waals surface area contributed by atoms with Crippen molar-refractivity contribution in [3.05, 3.63) is 51.5 Å². The van der Waals surface area contributed by atoms with Crippen LogP contribution in [-0.2, 0) is 6.54 Å². The van der Waals surface area contributed by atoms with E-state index in [-0.39, 0.29) is 5.82 Å². The molecule has 0 saturated carbocycles. The lowest BCUT2D eigenvalue weighted by Gasteiger charge is -2.19. The number of benzene rings is 1. The lowest BCUT2D eigenvalue weighted by atomic mass is 10.0. The Balaban J connectivity index is 2.49. The first-order valence-corrected chi connectivity index (χ1v) is 7.31. The summed E-state index contributed by atoms with van der Waals surface area (Å²) in [5, 5.41) is 4.30. The molecule has 1 atom stereocenters. The van der Waals surface area contributed by atoms with E-state index in [4.69, 9.17) is 5.84 Å². The van der Waals surface area contributed by atoms with Crippen molar-refractivity contribution in [2.24, 2.45) is 5.84 Å². The molecule has 0 spiro atoms. The molecule has 0 radical (unpaired) electrons. The molecule has 0 bridgehead atoms. The van der Waals surface area contributed by atoms with Gasteiger partial charge in [0.2, 0.25) is 0 Å². The number of hydrogen-bond acceptors (Lipinski definition) is 3. The van der Waals surface area contributed by atoms with Crippen LogP contribution in [0.25, 0.3) is 0 Å². The van der Waals surface area contributed by atoms with Gasteiger partial charge < -0.3 is 0 Å². The molecule has 4 nitrogen and oxygen atoms in total. The number of nitrogens with two attached hydrogens (primary N) is 1. The lowest BCUT2D eigenvalue weighted by molar-refractivity contribution is 0.500. The minimum Gasteiger partial charge on any atom is -0.271 e. The van der Waals surface area contributed by atoms with Gasteiger partial charge in [-0.05, 0) is 40.9 Å². The minimum absolute atomic E-state index is 0.274. The molecule has 1 aromatic heterocycles. The number of nitrogens with zero attached hydrogens (tertiary/aromatic N) is 2. The van der Waals surface area contributed by atoms with Gasteiger partial charge in [-0.25, -0.2) is 9.82 Å². The van der Waals surface area contributed by atoms with E-state index in [9.17, 15) is 4.39 Å². The molecule has 1 unspecified atom stereocenters. The quantitative estimate of drug-likeness (QED) is 0.649. The highest BCUT2D eigenvalue weighted by Crippen LogP contribution is 2.30. The number of hydrogen-bond donors (Lipinski definition) is 2. The maximum absolute atomic E-state index is 14.2. The predicted molar refractivity (Wildman–Crippen MR) is 80.5 cm³/mol. The van der Waals surface area contributed by atoms with Crippen LogP contribution >= 0.6 is 15.9 Å². The molecular formula is C14H18BrFN4. The molecule has 6 heteroatoms. The zero-order chi connectivity index (χ0) is 14.7. The molecular weight excluding hydrogens is 323 g/mol. The van der Waals surface area contributed by atoms with Gasteiger partial charge in [-0.1, -0.05) is 19.1 Å². The van der Waals surface area contributed by atoms with Gasteiger partial charge >= 0.3 is 0 Å². The summed E-state index contributed by atoms with van der Waals surface area (Å²) in [6.45, 7) is 4.68. The average molecular weight is 341 g/mol. The zero-order valence-corrected chi connectivity index (χ0v) is 13.1. The molecule has 108 valence electrons. The average Bonchev–Trinajstić information content (AvgIpc) is 2.75. The Labute approximate surface area is 126 Å². The Kier molecular flexibility index (Phi) is 4.91. The third kappa shape index (κ3) is 2.92. The molecule has 20 heavy (non-hydrogen) atoms. The third-order valence-electron chi connectivity index (χ3n) is 3.18. The van der Waals surface area contributed by atoms with Gasteiger partial charge in [-0.3, -0.25) is 10.5 Å². The Morgan fingerprint density at radius 1 is 1.50 bits per heavy atom. The van der Waals surface area contributed by atoms with Crippen molar-refractivity contribution in [1.29, 1.82) is 0 Å². The van der Waals surface area contributed by atoms with Gasteiger partial charge in [-0.2, -0.15) is 5.10 Å². The van der Waals surface area contributed by atoms with E-state index in [1.807, 2.05) is 17.7 Å². The fourth-order valence-electron chi connectivity index (χ4n) is 2.23. The fraction of sp³-hybridized carbons (Fsp3) is 0.357. The van der Waals surface area contributed by atoms with E-state index in [0.717, 1.165) is 28.7 Å². The van der Waals surface area contributed by atoms with Crippen LogP contribution in [-0.4, -0.2) is 9.78 Å². The van der Waals surface area contributed by atoms with Crippen LogP contribution in [0.4, 0.5) is 4.39 Å². The van der Waals surface area contributed by atoms with Gasteiger partial charge in [0, 0.05) is 12.1 Å². The molecule has 2 aromatic rings. The summed E-state index contributed by atoms with van der Waals surface area (Å²) in [5.41, 5.74) is 4.91. The Morgan fingerprint density at radius 2 is 2.25 bits per heavy atom. The fourth-order valence-corrected chi connectivity index (χ4v) is 2.76. The second kappa shape index (κ2) is 6.47. The van der Waals surface area contributed by atoms with Crippen LogP contribution in [0.3, 0.4) is 0 Å². The van der Waals surface area contributed by atoms with Gasteiger partial charge in [0.1, 0.15) is 5.82 Å². The van der Waals surface area contributed by atoms with E-state index in [0.29, 0.717) is 5.56 Å². The lowest BCUT2D eigenvalue weighted by Crippen LogP contribution is -2.31. The number of hydrazine groups is 1. The van der Waals surface area contributed by atoms with Crippen LogP contribution in [0, 0.1) is 12.7 Å². The van der Waals surface area contributed by atoms with Crippen molar-refractivity contribution in [2.45, 2.75) is 32.9 Å². The summed E-state index contributed by atoms with van der Waals surface area (Å²) < 4.78 is 16.8. The standard InChI is InChI=1S/C14H18BrFN4/c1-3-6-20-14(11(15)8-18-20)13(19-17)10-5-4-9(2)7-12(10)16/h4-5,7-8,13,19H,3,6,17H2,1-2H3. The van der Waals surface area contributed by atoms with Crippen LogP contribution in [0.2, 0.25) is 0 Å². The molecule has 0 amide bonds. The normalized spacial score (nSPS) is 12.7. The van der Waals surface area contributed by atoms with Crippen molar-refractivity contribution in [2.75, 3.05) is 0 Å². The van der Waals surface area contributed by atoms with Crippen LogP contribution < -0.4 is 11.3 Å². The van der Waals surface area contributed by atoms with Gasteiger partial charge in [0.25, 0.3) is 0 Å². The molecule has 3 N–H and O–H groups in total. The monoisotopic (exact) mass is 340 g/mol. The molecule has 1 aromatic carbocycles. The third-order valence-corrected chi connectivity index (χ3v) is 3.79. The van der Waals surface area contributed by atoms with E-state index >= 15 is 0 Å². The van der Waals surface area contributed by atoms with E-state index in [2.05, 4.69) is 33.4 Å². The highest BCUT2D eigenvalue weighted by molar-refractivity contribution is 9.10. The number of aryl methyl sites for hydroxylation is 2. The van der Waals surface area contributed by atoms with E-state index < -0.39 is 6.04 Å².